The number of aromatic nitrogens is 1. The molecule has 3 aliphatic rings. The Morgan fingerprint density at radius 3 is 2.68 bits per heavy atom. The first kappa shape index (κ1) is 23.9. The van der Waals surface area contributed by atoms with Gasteiger partial charge in [-0.3, -0.25) is 9.78 Å². The standard InChI is InChI=1S/C25H26BrCl2N3O3/c26-18-8-17-2-1-16-9-19(27)10-20(28)22(16)23(24(17)29-12-18)15-3-5-31(6-4-15)21(32)7-14-11-30-25(33)34-13-14/h8-10,12,14-15,23H,1-7,11,13H2,(H,30,33). The highest BCUT2D eigenvalue weighted by Gasteiger charge is 2.36. The highest BCUT2D eigenvalue weighted by Crippen LogP contribution is 2.46. The van der Waals surface area contributed by atoms with E-state index in [2.05, 4.69) is 27.3 Å². The monoisotopic (exact) mass is 565 g/mol. The number of benzene rings is 1. The number of amides is 2. The first-order valence-corrected chi connectivity index (χ1v) is 13.2. The SMILES string of the molecule is O=C1NCC(CC(=O)N2CCC(C3c4ncc(Br)cc4CCc4cc(Cl)cc(Cl)c43)CC2)CO1. The second kappa shape index (κ2) is 10.0. The van der Waals surface area contributed by atoms with Crippen molar-refractivity contribution in [2.45, 2.75) is 38.0 Å². The van der Waals surface area contributed by atoms with Crippen LogP contribution in [0.1, 0.15) is 47.6 Å². The van der Waals surface area contributed by atoms with E-state index in [1.807, 2.05) is 23.2 Å². The minimum Gasteiger partial charge on any atom is -0.449 e. The number of halogens is 3. The molecule has 1 N–H and O–H groups in total. The van der Waals surface area contributed by atoms with Gasteiger partial charge < -0.3 is 15.0 Å². The van der Waals surface area contributed by atoms with Gasteiger partial charge in [0.1, 0.15) is 0 Å². The zero-order valence-electron chi connectivity index (χ0n) is 18.7. The van der Waals surface area contributed by atoms with Crippen LogP contribution in [0.2, 0.25) is 10.0 Å². The Labute approximate surface area is 217 Å². The van der Waals surface area contributed by atoms with Crippen molar-refractivity contribution in [1.82, 2.24) is 15.2 Å². The van der Waals surface area contributed by atoms with Gasteiger partial charge in [-0.05, 0) is 82.4 Å². The summed E-state index contributed by atoms with van der Waals surface area (Å²) in [7, 11) is 0. The summed E-state index contributed by atoms with van der Waals surface area (Å²) in [6, 6.07) is 6.04. The first-order chi connectivity index (χ1) is 16.4. The van der Waals surface area contributed by atoms with E-state index in [0.717, 1.165) is 41.4 Å². The molecule has 2 atom stereocenters. The third-order valence-corrected chi connectivity index (χ3v) is 8.19. The fourth-order valence-electron chi connectivity index (χ4n) is 5.55. The van der Waals surface area contributed by atoms with E-state index >= 15 is 0 Å². The number of nitrogens with zero attached hydrogens (tertiary/aromatic N) is 2. The van der Waals surface area contributed by atoms with Crippen LogP contribution in [0.5, 0.6) is 0 Å². The Balaban J connectivity index is 1.36. The second-order valence-electron chi connectivity index (χ2n) is 9.40. The molecule has 3 heterocycles. The molecule has 0 saturated carbocycles. The van der Waals surface area contributed by atoms with Crippen LogP contribution in [0.15, 0.2) is 28.9 Å². The predicted molar refractivity (Wildman–Crippen MR) is 134 cm³/mol. The molecular formula is C25H26BrCl2N3O3. The summed E-state index contributed by atoms with van der Waals surface area (Å²) >= 11 is 16.7. The molecule has 180 valence electrons. The molecule has 2 fully saturated rings. The topological polar surface area (TPSA) is 71.5 Å². The number of hydrogen-bond donors (Lipinski definition) is 1. The number of rotatable bonds is 3. The maximum Gasteiger partial charge on any atom is 0.407 e. The van der Waals surface area contributed by atoms with Crippen molar-refractivity contribution < 1.29 is 14.3 Å². The smallest absolute Gasteiger partial charge is 0.407 e. The molecule has 5 rings (SSSR count). The van der Waals surface area contributed by atoms with E-state index in [0.29, 0.717) is 48.6 Å². The molecule has 2 saturated heterocycles. The average molecular weight is 567 g/mol. The number of carbonyl (C=O) groups is 2. The van der Waals surface area contributed by atoms with Gasteiger partial charge in [-0.25, -0.2) is 4.79 Å². The minimum absolute atomic E-state index is 0.0229. The lowest BCUT2D eigenvalue weighted by molar-refractivity contribution is -0.134. The van der Waals surface area contributed by atoms with Crippen LogP contribution in [0, 0.1) is 11.8 Å². The largest absolute Gasteiger partial charge is 0.449 e. The van der Waals surface area contributed by atoms with Crippen LogP contribution in [0.25, 0.3) is 0 Å². The highest BCUT2D eigenvalue weighted by molar-refractivity contribution is 9.10. The molecule has 0 radical (unpaired) electrons. The van der Waals surface area contributed by atoms with Crippen molar-refractivity contribution in [3.63, 3.8) is 0 Å². The molecule has 0 bridgehead atoms. The van der Waals surface area contributed by atoms with Crippen molar-refractivity contribution in [3.05, 3.63) is 61.3 Å². The fraction of sp³-hybridized carbons (Fsp3) is 0.480. The van der Waals surface area contributed by atoms with Gasteiger partial charge >= 0.3 is 6.09 Å². The number of nitrogens with one attached hydrogen (secondary N) is 1. The summed E-state index contributed by atoms with van der Waals surface area (Å²) in [5, 5.41) is 4.02. The van der Waals surface area contributed by atoms with E-state index in [9.17, 15) is 9.59 Å². The van der Waals surface area contributed by atoms with Crippen molar-refractivity contribution in [1.29, 1.82) is 0 Å². The van der Waals surface area contributed by atoms with Crippen LogP contribution in [-0.2, 0) is 22.4 Å². The number of fused-ring (bicyclic) bond motifs is 2. The molecule has 1 aromatic carbocycles. The summed E-state index contributed by atoms with van der Waals surface area (Å²) in [6.45, 7) is 2.18. The molecule has 2 aliphatic heterocycles. The minimum atomic E-state index is -0.408. The molecule has 9 heteroatoms. The second-order valence-corrected chi connectivity index (χ2v) is 11.2. The fourth-order valence-corrected chi connectivity index (χ4v) is 6.58. The zero-order chi connectivity index (χ0) is 23.8. The van der Waals surface area contributed by atoms with Crippen molar-refractivity contribution in [3.8, 4) is 0 Å². The summed E-state index contributed by atoms with van der Waals surface area (Å²) in [5.41, 5.74) is 4.65. The van der Waals surface area contributed by atoms with Crippen LogP contribution >= 0.6 is 39.1 Å². The molecule has 2 amide bonds. The van der Waals surface area contributed by atoms with Crippen molar-refractivity contribution in [2.75, 3.05) is 26.2 Å². The van der Waals surface area contributed by atoms with Gasteiger partial charge in [-0.1, -0.05) is 23.2 Å². The van der Waals surface area contributed by atoms with Crippen LogP contribution in [0.4, 0.5) is 4.79 Å². The van der Waals surface area contributed by atoms with Crippen LogP contribution in [0.3, 0.4) is 0 Å². The van der Waals surface area contributed by atoms with Crippen molar-refractivity contribution in [2.24, 2.45) is 11.8 Å². The number of piperidine rings is 1. The number of cyclic esters (lactones) is 1. The summed E-state index contributed by atoms with van der Waals surface area (Å²) < 4.78 is 6.00. The van der Waals surface area contributed by atoms with Gasteiger partial charge in [0.2, 0.25) is 5.91 Å². The normalized spacial score (nSPS) is 22.8. The molecule has 6 nitrogen and oxygen atoms in total. The van der Waals surface area contributed by atoms with E-state index in [1.54, 1.807) is 0 Å². The third kappa shape index (κ3) is 4.93. The number of likely N-dealkylation sites (tertiary alicyclic amines) is 1. The lowest BCUT2D eigenvalue weighted by Gasteiger charge is -2.37. The van der Waals surface area contributed by atoms with E-state index < -0.39 is 6.09 Å². The molecule has 2 aromatic rings. The molecule has 2 unspecified atom stereocenters. The van der Waals surface area contributed by atoms with E-state index in [-0.39, 0.29) is 17.7 Å². The number of carbonyl (C=O) groups excluding carboxylic acids is 2. The maximum absolute atomic E-state index is 12.9. The number of alkyl carbamates (subject to hydrolysis) is 1. The number of pyridine rings is 1. The van der Waals surface area contributed by atoms with Gasteiger partial charge in [0.25, 0.3) is 0 Å². The first-order valence-electron chi connectivity index (χ1n) is 11.7. The third-order valence-electron chi connectivity index (χ3n) is 7.23. The summed E-state index contributed by atoms with van der Waals surface area (Å²) in [5.74, 6) is 0.542. The summed E-state index contributed by atoms with van der Waals surface area (Å²) in [4.78, 5) is 30.9. The van der Waals surface area contributed by atoms with E-state index in [1.165, 1.54) is 11.1 Å². The van der Waals surface area contributed by atoms with Gasteiger partial charge in [-0.15, -0.1) is 0 Å². The zero-order valence-corrected chi connectivity index (χ0v) is 21.8. The Hall–Kier alpha value is -1.83. The van der Waals surface area contributed by atoms with Gasteiger partial charge in [0.05, 0.1) is 12.3 Å². The molecule has 1 aliphatic carbocycles. The van der Waals surface area contributed by atoms with Crippen LogP contribution < -0.4 is 5.32 Å². The Morgan fingerprint density at radius 2 is 1.94 bits per heavy atom. The van der Waals surface area contributed by atoms with Crippen molar-refractivity contribution >= 4 is 51.1 Å². The number of hydrogen-bond acceptors (Lipinski definition) is 4. The molecule has 0 spiro atoms. The highest BCUT2D eigenvalue weighted by atomic mass is 79.9. The van der Waals surface area contributed by atoms with Gasteiger partial charge in [0.15, 0.2) is 0 Å². The lowest BCUT2D eigenvalue weighted by atomic mass is 9.76. The Bertz CT molecular complexity index is 1110. The molecule has 34 heavy (non-hydrogen) atoms. The number of aryl methyl sites for hydroxylation is 2. The maximum atomic E-state index is 12.9. The Morgan fingerprint density at radius 1 is 1.18 bits per heavy atom. The average Bonchev–Trinajstić information content (AvgIpc) is 2.97. The molecular weight excluding hydrogens is 541 g/mol. The quantitative estimate of drug-likeness (QED) is 0.542. The van der Waals surface area contributed by atoms with Gasteiger partial charge in [0, 0.05) is 58.6 Å². The summed E-state index contributed by atoms with van der Waals surface area (Å²) in [6.07, 6.45) is 5.36. The Kier molecular flexibility index (Phi) is 7.05. The molecule has 1 aromatic heterocycles. The lowest BCUT2D eigenvalue weighted by Crippen LogP contribution is -2.44. The van der Waals surface area contributed by atoms with E-state index in [4.69, 9.17) is 32.9 Å². The van der Waals surface area contributed by atoms with Crippen LogP contribution in [-0.4, -0.2) is 48.1 Å². The predicted octanol–water partition coefficient (Wildman–Crippen LogP) is 5.37. The number of ether oxygens (including phenoxy) is 1. The van der Waals surface area contributed by atoms with Gasteiger partial charge in [-0.2, -0.15) is 0 Å².